The maximum absolute atomic E-state index is 12.2. The molecule has 4 N–H and O–H groups in total. The number of aromatic nitrogens is 2. The van der Waals surface area contributed by atoms with Gasteiger partial charge < -0.3 is 5.43 Å². The largest absolute Gasteiger partial charge is 0.321 e. The first-order valence-corrected chi connectivity index (χ1v) is 6.89. The Labute approximate surface area is 110 Å². The summed E-state index contributed by atoms with van der Waals surface area (Å²) in [5, 5.41) is -0.180. The third-order valence-electron chi connectivity index (χ3n) is 2.31. The molecule has 0 saturated carbocycles. The van der Waals surface area contributed by atoms with E-state index >= 15 is 0 Å². The minimum atomic E-state index is -3.84. The van der Waals surface area contributed by atoms with Crippen molar-refractivity contribution in [2.24, 2.45) is 5.84 Å². The van der Waals surface area contributed by atoms with Crippen molar-refractivity contribution in [3.63, 3.8) is 0 Å². The van der Waals surface area contributed by atoms with Gasteiger partial charge in [0.1, 0.15) is 5.82 Å². The summed E-state index contributed by atoms with van der Waals surface area (Å²) in [6.45, 7) is 1.77. The smallest absolute Gasteiger partial charge is 0.282 e. The normalized spacial score (nSPS) is 11.1. The number of sulfonamides is 1. The number of hydrogen-bond acceptors (Lipinski definition) is 6. The van der Waals surface area contributed by atoms with E-state index in [1.165, 1.54) is 12.3 Å². The number of hydrogen-bond donors (Lipinski definition) is 3. The van der Waals surface area contributed by atoms with E-state index in [0.29, 0.717) is 5.69 Å². The predicted molar refractivity (Wildman–Crippen MR) is 71.8 cm³/mol. The maximum Gasteiger partial charge on any atom is 0.282 e. The minimum Gasteiger partial charge on any atom is -0.321 e. The van der Waals surface area contributed by atoms with Gasteiger partial charge in [-0.3, -0.25) is 10.6 Å². The van der Waals surface area contributed by atoms with E-state index in [9.17, 15) is 8.42 Å². The maximum atomic E-state index is 12.2. The SMILES string of the molecule is Cc1cccc(NS(=O)(=O)c2ncccc2NN)n1. The van der Waals surface area contributed by atoms with Crippen molar-refractivity contribution in [3.05, 3.63) is 42.2 Å². The van der Waals surface area contributed by atoms with E-state index in [0.717, 1.165) is 0 Å². The zero-order valence-corrected chi connectivity index (χ0v) is 11.0. The zero-order chi connectivity index (χ0) is 13.9. The van der Waals surface area contributed by atoms with Crippen LogP contribution in [0.4, 0.5) is 11.5 Å². The Morgan fingerprint density at radius 1 is 1.21 bits per heavy atom. The summed E-state index contributed by atoms with van der Waals surface area (Å²) in [7, 11) is -3.84. The van der Waals surface area contributed by atoms with E-state index in [1.807, 2.05) is 0 Å². The molecule has 2 rings (SSSR count). The highest BCUT2D eigenvalue weighted by atomic mass is 32.2. The first-order chi connectivity index (χ1) is 9.03. The number of nitrogens with two attached hydrogens (primary N) is 1. The molecule has 2 aromatic rings. The van der Waals surface area contributed by atoms with Gasteiger partial charge in [-0.15, -0.1) is 0 Å². The predicted octanol–water partition coefficient (Wildman–Crippen LogP) is 0.871. The van der Waals surface area contributed by atoms with Crippen LogP contribution in [-0.2, 0) is 10.0 Å². The molecule has 0 saturated heterocycles. The lowest BCUT2D eigenvalue weighted by atomic mass is 10.4. The number of anilines is 2. The summed E-state index contributed by atoms with van der Waals surface area (Å²) < 4.78 is 26.7. The van der Waals surface area contributed by atoms with Gasteiger partial charge in [-0.25, -0.2) is 9.97 Å². The Hall–Kier alpha value is -2.19. The summed E-state index contributed by atoms with van der Waals surface area (Å²) in [5.74, 6) is 5.50. The highest BCUT2D eigenvalue weighted by molar-refractivity contribution is 7.92. The van der Waals surface area contributed by atoms with Gasteiger partial charge in [0.05, 0.1) is 5.69 Å². The van der Waals surface area contributed by atoms with Crippen LogP contribution in [0, 0.1) is 6.92 Å². The number of hydrazine groups is 1. The minimum absolute atomic E-state index is 0.180. The molecule has 0 aromatic carbocycles. The lowest BCUT2D eigenvalue weighted by molar-refractivity contribution is 0.597. The number of pyridine rings is 2. The Kier molecular flexibility index (Phi) is 3.63. The van der Waals surface area contributed by atoms with Crippen LogP contribution in [-0.4, -0.2) is 18.4 Å². The van der Waals surface area contributed by atoms with Gasteiger partial charge in [0, 0.05) is 11.9 Å². The van der Waals surface area contributed by atoms with Crippen LogP contribution in [0.5, 0.6) is 0 Å². The molecule has 0 fully saturated rings. The third-order valence-corrected chi connectivity index (χ3v) is 3.62. The molecule has 8 heteroatoms. The number of aryl methyl sites for hydroxylation is 1. The van der Waals surface area contributed by atoms with Crippen LogP contribution in [0.25, 0.3) is 0 Å². The third kappa shape index (κ3) is 2.98. The van der Waals surface area contributed by atoms with E-state index in [2.05, 4.69) is 20.1 Å². The first kappa shape index (κ1) is 13.2. The molecule has 0 bridgehead atoms. The number of nitrogen functional groups attached to an aromatic ring is 1. The van der Waals surface area contributed by atoms with Gasteiger partial charge >= 0.3 is 0 Å². The second kappa shape index (κ2) is 5.21. The van der Waals surface area contributed by atoms with Gasteiger partial charge in [-0.2, -0.15) is 8.42 Å². The van der Waals surface area contributed by atoms with Crippen molar-refractivity contribution in [1.82, 2.24) is 9.97 Å². The van der Waals surface area contributed by atoms with Gasteiger partial charge in [0.25, 0.3) is 10.0 Å². The molecule has 0 unspecified atom stereocenters. The fraction of sp³-hybridized carbons (Fsp3) is 0.0909. The van der Waals surface area contributed by atoms with Crippen molar-refractivity contribution in [2.45, 2.75) is 11.9 Å². The quantitative estimate of drug-likeness (QED) is 0.566. The van der Waals surface area contributed by atoms with Crippen LogP contribution < -0.4 is 16.0 Å². The zero-order valence-electron chi connectivity index (χ0n) is 10.2. The molecule has 2 aromatic heterocycles. The van der Waals surface area contributed by atoms with Crippen molar-refractivity contribution in [3.8, 4) is 0 Å². The molecular weight excluding hydrogens is 266 g/mol. The second-order valence-electron chi connectivity index (χ2n) is 3.77. The van der Waals surface area contributed by atoms with Crippen LogP contribution in [0.1, 0.15) is 5.69 Å². The lowest BCUT2D eigenvalue weighted by Crippen LogP contribution is -2.19. The highest BCUT2D eigenvalue weighted by Crippen LogP contribution is 2.19. The average molecular weight is 279 g/mol. The van der Waals surface area contributed by atoms with Gasteiger partial charge in [0.15, 0.2) is 0 Å². The Balaban J connectivity index is 2.38. The highest BCUT2D eigenvalue weighted by Gasteiger charge is 2.20. The Bertz CT molecular complexity index is 687. The van der Waals surface area contributed by atoms with Crippen LogP contribution in [0.3, 0.4) is 0 Å². The van der Waals surface area contributed by atoms with E-state index in [-0.39, 0.29) is 16.5 Å². The molecule has 0 radical (unpaired) electrons. The van der Waals surface area contributed by atoms with E-state index < -0.39 is 10.0 Å². The molecule has 0 aliphatic carbocycles. The fourth-order valence-electron chi connectivity index (χ4n) is 1.50. The summed E-state index contributed by atoms with van der Waals surface area (Å²) in [6.07, 6.45) is 1.37. The summed E-state index contributed by atoms with van der Waals surface area (Å²) in [4.78, 5) is 7.89. The van der Waals surface area contributed by atoms with Gasteiger partial charge in [0.2, 0.25) is 5.03 Å². The topological polar surface area (TPSA) is 110 Å². The molecular formula is C11H13N5O2S. The molecule has 2 heterocycles. The van der Waals surface area contributed by atoms with Gasteiger partial charge in [-0.05, 0) is 31.2 Å². The van der Waals surface area contributed by atoms with Crippen molar-refractivity contribution >= 4 is 21.5 Å². The average Bonchev–Trinajstić information content (AvgIpc) is 2.38. The second-order valence-corrected chi connectivity index (χ2v) is 5.37. The molecule has 0 aliphatic rings. The fourth-order valence-corrected chi connectivity index (χ4v) is 2.60. The molecule has 0 atom stereocenters. The molecule has 0 aliphatic heterocycles. The van der Waals surface area contributed by atoms with Crippen LogP contribution in [0.15, 0.2) is 41.6 Å². The van der Waals surface area contributed by atoms with Crippen molar-refractivity contribution in [1.29, 1.82) is 0 Å². The first-order valence-electron chi connectivity index (χ1n) is 5.41. The number of rotatable bonds is 4. The number of nitrogens with zero attached hydrogens (tertiary/aromatic N) is 2. The Morgan fingerprint density at radius 2 is 2.00 bits per heavy atom. The van der Waals surface area contributed by atoms with Crippen LogP contribution in [0.2, 0.25) is 0 Å². The molecule has 7 nitrogen and oxygen atoms in total. The molecule has 100 valence electrons. The summed E-state index contributed by atoms with van der Waals surface area (Å²) in [5.41, 5.74) is 3.21. The lowest BCUT2D eigenvalue weighted by Gasteiger charge is -2.10. The molecule has 0 amide bonds. The molecule has 0 spiro atoms. The number of nitrogens with one attached hydrogen (secondary N) is 2. The monoisotopic (exact) mass is 279 g/mol. The standard InChI is InChI=1S/C11H13N5O2S/c1-8-4-2-6-10(14-8)16-19(17,18)11-9(15-12)5-3-7-13-11/h2-7,15H,12H2,1H3,(H,14,16). The van der Waals surface area contributed by atoms with Crippen LogP contribution >= 0.6 is 0 Å². The van der Waals surface area contributed by atoms with E-state index in [1.54, 1.807) is 31.2 Å². The van der Waals surface area contributed by atoms with Gasteiger partial charge in [-0.1, -0.05) is 6.07 Å². The molecule has 19 heavy (non-hydrogen) atoms. The van der Waals surface area contributed by atoms with E-state index in [4.69, 9.17) is 5.84 Å². The van der Waals surface area contributed by atoms with Crippen molar-refractivity contribution < 1.29 is 8.42 Å². The summed E-state index contributed by atoms with van der Waals surface area (Å²) >= 11 is 0. The van der Waals surface area contributed by atoms with Crippen molar-refractivity contribution in [2.75, 3.05) is 10.1 Å². The Morgan fingerprint density at radius 3 is 2.68 bits per heavy atom. The summed E-state index contributed by atoms with van der Waals surface area (Å²) in [6, 6.07) is 8.14.